The van der Waals surface area contributed by atoms with Crippen molar-refractivity contribution in [3.05, 3.63) is 24.5 Å². The van der Waals surface area contributed by atoms with Crippen LogP contribution in [0, 0.1) is 5.92 Å². The fourth-order valence-corrected chi connectivity index (χ4v) is 4.41. The number of sulfonamides is 1. The molecule has 5 nitrogen and oxygen atoms in total. The molecular formula is C11H15N3O2S. The number of nitrogens with zero attached hydrogens (tertiary/aromatic N) is 2. The maximum Gasteiger partial charge on any atom is 0.244 e. The van der Waals surface area contributed by atoms with Gasteiger partial charge in [0, 0.05) is 31.5 Å². The van der Waals surface area contributed by atoms with Crippen molar-refractivity contribution in [2.45, 2.75) is 17.4 Å². The van der Waals surface area contributed by atoms with Gasteiger partial charge in [-0.1, -0.05) is 0 Å². The van der Waals surface area contributed by atoms with Crippen molar-refractivity contribution in [2.24, 2.45) is 5.92 Å². The Morgan fingerprint density at radius 3 is 3.06 bits per heavy atom. The number of fused-ring (bicyclic) bond motifs is 1. The highest BCUT2D eigenvalue weighted by atomic mass is 32.2. The number of hydrogen-bond donors (Lipinski definition) is 1. The lowest BCUT2D eigenvalue weighted by atomic mass is 10.1. The summed E-state index contributed by atoms with van der Waals surface area (Å²) in [6, 6.07) is 3.39. The minimum atomic E-state index is -3.36. The van der Waals surface area contributed by atoms with E-state index in [1.165, 1.54) is 6.20 Å². The lowest BCUT2D eigenvalue weighted by molar-refractivity contribution is 0.382. The second-order valence-corrected chi connectivity index (χ2v) is 6.47. The largest absolute Gasteiger partial charge is 0.315 e. The van der Waals surface area contributed by atoms with E-state index in [9.17, 15) is 8.42 Å². The minimum Gasteiger partial charge on any atom is -0.315 e. The molecule has 1 aromatic rings. The van der Waals surface area contributed by atoms with Crippen LogP contribution in [0.1, 0.15) is 6.42 Å². The summed E-state index contributed by atoms with van der Waals surface area (Å²) in [7, 11) is -3.36. The Morgan fingerprint density at radius 1 is 1.41 bits per heavy atom. The molecule has 3 heterocycles. The van der Waals surface area contributed by atoms with Gasteiger partial charge in [-0.05, 0) is 31.0 Å². The molecule has 0 radical (unpaired) electrons. The predicted molar refractivity (Wildman–Crippen MR) is 62.9 cm³/mol. The number of aromatic nitrogens is 1. The minimum absolute atomic E-state index is 0.125. The molecule has 0 saturated carbocycles. The zero-order valence-electron chi connectivity index (χ0n) is 9.41. The van der Waals surface area contributed by atoms with Crippen LogP contribution in [0.4, 0.5) is 0 Å². The number of hydrogen-bond acceptors (Lipinski definition) is 4. The van der Waals surface area contributed by atoms with Crippen molar-refractivity contribution in [3.63, 3.8) is 0 Å². The van der Waals surface area contributed by atoms with Crippen LogP contribution in [0.15, 0.2) is 29.4 Å². The van der Waals surface area contributed by atoms with Gasteiger partial charge in [0.15, 0.2) is 0 Å². The van der Waals surface area contributed by atoms with Crippen LogP contribution in [-0.2, 0) is 10.0 Å². The second-order valence-electron chi connectivity index (χ2n) is 4.58. The van der Waals surface area contributed by atoms with Gasteiger partial charge in [0.05, 0.1) is 0 Å². The second kappa shape index (κ2) is 4.04. The molecule has 0 aromatic carbocycles. The Labute approximate surface area is 101 Å². The average Bonchev–Trinajstić information content (AvgIpc) is 2.91. The smallest absolute Gasteiger partial charge is 0.244 e. The lowest BCUT2D eigenvalue weighted by Gasteiger charge is -2.22. The number of nitrogens with one attached hydrogen (secondary N) is 1. The predicted octanol–water partition coefficient (Wildman–Crippen LogP) is 0.0640. The maximum atomic E-state index is 12.4. The molecule has 1 N–H and O–H groups in total. The molecule has 3 rings (SSSR count). The zero-order chi connectivity index (χ0) is 11.9. The third kappa shape index (κ3) is 1.76. The molecule has 0 unspecified atom stereocenters. The van der Waals surface area contributed by atoms with E-state index in [1.54, 1.807) is 22.6 Å². The van der Waals surface area contributed by atoms with Crippen LogP contribution in [0.3, 0.4) is 0 Å². The van der Waals surface area contributed by atoms with Gasteiger partial charge >= 0.3 is 0 Å². The van der Waals surface area contributed by atoms with E-state index in [0.29, 0.717) is 17.4 Å². The third-order valence-corrected chi connectivity index (χ3v) is 5.54. The third-order valence-electron chi connectivity index (χ3n) is 3.64. The van der Waals surface area contributed by atoms with Gasteiger partial charge in [-0.15, -0.1) is 0 Å². The van der Waals surface area contributed by atoms with Gasteiger partial charge in [0.1, 0.15) is 4.90 Å². The lowest BCUT2D eigenvalue weighted by Crippen LogP contribution is -2.39. The molecule has 17 heavy (non-hydrogen) atoms. The molecule has 0 aliphatic carbocycles. The summed E-state index contributed by atoms with van der Waals surface area (Å²) in [5, 5.41) is 3.26. The van der Waals surface area contributed by atoms with Crippen LogP contribution in [0.5, 0.6) is 0 Å². The topological polar surface area (TPSA) is 62.3 Å². The van der Waals surface area contributed by atoms with E-state index < -0.39 is 10.0 Å². The first kappa shape index (κ1) is 11.1. The van der Waals surface area contributed by atoms with E-state index in [4.69, 9.17) is 0 Å². The molecule has 0 spiro atoms. The molecule has 2 aliphatic heterocycles. The molecule has 2 saturated heterocycles. The Bertz CT molecular complexity index is 503. The van der Waals surface area contributed by atoms with E-state index in [0.717, 1.165) is 19.5 Å². The Kier molecular flexibility index (Phi) is 2.65. The fourth-order valence-electron chi connectivity index (χ4n) is 2.74. The van der Waals surface area contributed by atoms with E-state index in [2.05, 4.69) is 10.3 Å². The summed E-state index contributed by atoms with van der Waals surface area (Å²) >= 11 is 0. The molecule has 92 valence electrons. The molecule has 2 fully saturated rings. The standard InChI is InChI=1S/C11H15N3O2S/c15-17(16,10-2-1-4-12-7-10)14-5-3-9-6-13-8-11(9)14/h1-2,4,7,9,11,13H,3,5-6,8H2/t9-,11+/m0/s1. The molecule has 2 atom stereocenters. The average molecular weight is 253 g/mol. The van der Waals surface area contributed by atoms with Crippen molar-refractivity contribution in [3.8, 4) is 0 Å². The van der Waals surface area contributed by atoms with Crippen LogP contribution in [-0.4, -0.2) is 43.4 Å². The summed E-state index contributed by atoms with van der Waals surface area (Å²) in [6.45, 7) is 2.34. The van der Waals surface area contributed by atoms with E-state index >= 15 is 0 Å². The van der Waals surface area contributed by atoms with Gasteiger partial charge in [0.2, 0.25) is 10.0 Å². The van der Waals surface area contributed by atoms with Crippen molar-refractivity contribution < 1.29 is 8.42 Å². The van der Waals surface area contributed by atoms with Crippen molar-refractivity contribution >= 4 is 10.0 Å². The summed E-state index contributed by atoms with van der Waals surface area (Å²) in [5.74, 6) is 0.474. The van der Waals surface area contributed by atoms with Crippen LogP contribution in [0.25, 0.3) is 0 Å². The number of rotatable bonds is 2. The molecule has 0 amide bonds. The highest BCUT2D eigenvalue weighted by molar-refractivity contribution is 7.89. The van der Waals surface area contributed by atoms with Gasteiger partial charge < -0.3 is 5.32 Å². The van der Waals surface area contributed by atoms with Gasteiger partial charge in [-0.25, -0.2) is 8.42 Å². The Hall–Kier alpha value is -0.980. The summed E-state index contributed by atoms with van der Waals surface area (Å²) in [6.07, 6.45) is 3.96. The highest BCUT2D eigenvalue weighted by Crippen LogP contribution is 2.31. The summed E-state index contributed by atoms with van der Waals surface area (Å²) in [5.41, 5.74) is 0. The SMILES string of the molecule is O=S(=O)(c1cccnc1)N1CC[C@H]2CNC[C@H]21. The molecular weight excluding hydrogens is 238 g/mol. The van der Waals surface area contributed by atoms with Gasteiger partial charge in [-0.2, -0.15) is 4.31 Å². The summed E-state index contributed by atoms with van der Waals surface area (Å²) in [4.78, 5) is 4.19. The van der Waals surface area contributed by atoms with Crippen LogP contribution < -0.4 is 5.32 Å². The fraction of sp³-hybridized carbons (Fsp3) is 0.545. The van der Waals surface area contributed by atoms with Crippen LogP contribution >= 0.6 is 0 Å². The quantitative estimate of drug-likeness (QED) is 0.810. The molecule has 2 aliphatic rings. The normalized spacial score (nSPS) is 29.4. The first-order valence-corrected chi connectivity index (χ1v) is 7.26. The first-order chi connectivity index (χ1) is 8.19. The van der Waals surface area contributed by atoms with Crippen molar-refractivity contribution in [2.75, 3.05) is 19.6 Å². The number of pyridine rings is 1. The van der Waals surface area contributed by atoms with Crippen LogP contribution in [0.2, 0.25) is 0 Å². The maximum absolute atomic E-state index is 12.4. The summed E-state index contributed by atoms with van der Waals surface area (Å²) < 4.78 is 26.5. The molecule has 1 aromatic heterocycles. The van der Waals surface area contributed by atoms with Gasteiger partial charge in [-0.3, -0.25) is 4.98 Å². The van der Waals surface area contributed by atoms with Gasteiger partial charge in [0.25, 0.3) is 0 Å². The molecule has 0 bridgehead atoms. The van der Waals surface area contributed by atoms with E-state index in [-0.39, 0.29) is 6.04 Å². The highest BCUT2D eigenvalue weighted by Gasteiger charge is 2.43. The Balaban J connectivity index is 1.94. The first-order valence-electron chi connectivity index (χ1n) is 5.82. The van der Waals surface area contributed by atoms with Crippen molar-refractivity contribution in [1.82, 2.24) is 14.6 Å². The Morgan fingerprint density at radius 2 is 2.29 bits per heavy atom. The zero-order valence-corrected chi connectivity index (χ0v) is 10.2. The molecule has 6 heteroatoms. The van der Waals surface area contributed by atoms with Crippen molar-refractivity contribution in [1.29, 1.82) is 0 Å². The van der Waals surface area contributed by atoms with E-state index in [1.807, 2.05) is 0 Å². The monoisotopic (exact) mass is 253 g/mol.